The Morgan fingerprint density at radius 2 is 0.757 bits per heavy atom. The lowest BCUT2D eigenvalue weighted by Gasteiger charge is -2.21. The topological polar surface area (TPSA) is 155 Å². The number of aliphatic hydroxyl groups excluding tert-OH is 1. The van der Waals surface area contributed by atoms with E-state index in [0.717, 1.165) is 135 Å². The zero-order valence-electron chi connectivity index (χ0n) is 46.3. The van der Waals surface area contributed by atoms with Gasteiger partial charge in [-0.1, -0.05) is 200 Å². The monoisotopic (exact) mass is 1050 g/mol. The minimum Gasteiger partial charge on any atom is -0.462 e. The van der Waals surface area contributed by atoms with Crippen LogP contribution in [-0.2, 0) is 42.2 Å². The van der Waals surface area contributed by atoms with Crippen LogP contribution in [0.25, 0.3) is 0 Å². The summed E-state index contributed by atoms with van der Waals surface area (Å²) < 4.78 is 39.4. The molecule has 74 heavy (non-hydrogen) atoms. The number of esters is 3. The second-order valence-electron chi connectivity index (χ2n) is 18.4. The van der Waals surface area contributed by atoms with E-state index in [1.165, 1.54) is 19.3 Å². The fourth-order valence-electron chi connectivity index (χ4n) is 7.04. The third kappa shape index (κ3) is 52.7. The molecule has 0 bridgehead atoms. The van der Waals surface area contributed by atoms with Gasteiger partial charge in [0.25, 0.3) is 0 Å². The highest BCUT2D eigenvalue weighted by Crippen LogP contribution is 2.43. The van der Waals surface area contributed by atoms with Crippen molar-refractivity contribution < 1.29 is 52.2 Å². The Bertz CT molecular complexity index is 1700. The predicted molar refractivity (Wildman–Crippen MR) is 306 cm³/mol. The van der Waals surface area contributed by atoms with Gasteiger partial charge in [-0.25, -0.2) is 4.57 Å². The maximum Gasteiger partial charge on any atom is 0.472 e. The summed E-state index contributed by atoms with van der Waals surface area (Å²) in [4.78, 5) is 48.5. The Kier molecular flexibility index (Phi) is 52.1. The first-order valence-electron chi connectivity index (χ1n) is 28.4. The molecule has 0 aromatic carbocycles. The van der Waals surface area contributed by atoms with Gasteiger partial charge >= 0.3 is 25.7 Å². The average molecular weight is 1050 g/mol. The maximum atomic E-state index is 12.9. The number of carbonyl (C=O) groups excluding carboxylic acids is 3. The Morgan fingerprint density at radius 3 is 1.19 bits per heavy atom. The van der Waals surface area contributed by atoms with Crippen LogP contribution in [0.3, 0.4) is 0 Å². The molecule has 420 valence electrons. The molecule has 0 saturated heterocycles. The van der Waals surface area contributed by atoms with Gasteiger partial charge in [-0.2, -0.15) is 0 Å². The molecule has 12 heteroatoms. The number of hydrogen-bond donors (Lipinski definition) is 2. The molecule has 0 saturated carbocycles. The number of allylic oxidation sites excluding steroid dienone is 20. The van der Waals surface area contributed by atoms with Gasteiger partial charge in [0.05, 0.1) is 19.8 Å². The minimum absolute atomic E-state index is 0.0913. The van der Waals surface area contributed by atoms with Gasteiger partial charge < -0.3 is 24.2 Å². The van der Waals surface area contributed by atoms with Crippen molar-refractivity contribution in [1.29, 1.82) is 0 Å². The van der Waals surface area contributed by atoms with Gasteiger partial charge in [-0.3, -0.25) is 23.4 Å². The summed E-state index contributed by atoms with van der Waals surface area (Å²) in [6, 6.07) is 0. The average Bonchev–Trinajstić information content (AvgIpc) is 3.39. The maximum absolute atomic E-state index is 12.9. The molecule has 0 amide bonds. The molecule has 0 rings (SSSR count). The number of phosphoric acid groups is 1. The van der Waals surface area contributed by atoms with E-state index in [2.05, 4.69) is 130 Å². The number of carbonyl (C=O) groups is 3. The molecule has 11 nitrogen and oxygen atoms in total. The molecular formula is C62H101O11P. The Balaban J connectivity index is 4.88. The van der Waals surface area contributed by atoms with Crippen molar-refractivity contribution in [3.63, 3.8) is 0 Å². The molecule has 0 aromatic rings. The molecule has 0 aromatic heterocycles. The lowest BCUT2D eigenvalue weighted by atomic mass is 10.1. The van der Waals surface area contributed by atoms with Crippen LogP contribution in [0.1, 0.15) is 213 Å². The van der Waals surface area contributed by atoms with Crippen molar-refractivity contribution in [3.05, 3.63) is 122 Å². The molecule has 0 radical (unpaired) electrons. The van der Waals surface area contributed by atoms with Crippen LogP contribution >= 0.6 is 7.82 Å². The molecule has 0 spiro atoms. The smallest absolute Gasteiger partial charge is 0.462 e. The molecular weight excluding hydrogens is 952 g/mol. The minimum atomic E-state index is -4.78. The highest BCUT2D eigenvalue weighted by Gasteiger charge is 2.28. The third-order valence-electron chi connectivity index (χ3n) is 11.3. The molecule has 3 atom stereocenters. The van der Waals surface area contributed by atoms with E-state index in [-0.39, 0.29) is 25.9 Å². The Morgan fingerprint density at radius 1 is 0.392 bits per heavy atom. The number of phosphoric ester groups is 1. The number of aliphatic hydroxyl groups is 1. The fraction of sp³-hybridized carbons (Fsp3) is 0.629. The number of ether oxygens (including phenoxy) is 3. The summed E-state index contributed by atoms with van der Waals surface area (Å²) in [7, 11) is -4.78. The van der Waals surface area contributed by atoms with E-state index in [9.17, 15) is 28.9 Å². The highest BCUT2D eigenvalue weighted by atomic mass is 31.2. The quantitative estimate of drug-likeness (QED) is 0.0197. The fourth-order valence-corrected chi connectivity index (χ4v) is 7.82. The molecule has 3 unspecified atom stereocenters. The summed E-state index contributed by atoms with van der Waals surface area (Å²) in [5.74, 6) is -1.61. The molecule has 0 aliphatic heterocycles. The zero-order valence-corrected chi connectivity index (χ0v) is 47.2. The van der Waals surface area contributed by atoms with Crippen molar-refractivity contribution in [2.75, 3.05) is 26.4 Å². The summed E-state index contributed by atoms with van der Waals surface area (Å²) in [5.41, 5.74) is 0. The summed E-state index contributed by atoms with van der Waals surface area (Å²) in [6.07, 6.45) is 67.4. The number of hydrogen-bond acceptors (Lipinski definition) is 10. The van der Waals surface area contributed by atoms with Crippen LogP contribution < -0.4 is 0 Å². The Hall–Kier alpha value is -4.12. The van der Waals surface area contributed by atoms with Crippen molar-refractivity contribution in [1.82, 2.24) is 0 Å². The molecule has 2 N–H and O–H groups in total. The van der Waals surface area contributed by atoms with Crippen molar-refractivity contribution >= 4 is 25.7 Å². The molecule has 0 aliphatic rings. The van der Waals surface area contributed by atoms with E-state index in [0.29, 0.717) is 19.3 Å². The normalized spacial score (nSPS) is 14.3. The summed E-state index contributed by atoms with van der Waals surface area (Å²) in [5, 5.41) is 9.80. The standard InChI is InChI=1S/C62H101O11P/c1-4-7-10-13-16-19-22-25-27-28-29-30-32-34-36-39-42-45-48-51-60(64)69-55-59(73-62(66)53-50-47-44-41-38-35-31-26-23-20-17-14-11-8-5-2)57-71-74(67,68)70-56-58(54-63)72-61(65)52-49-46-43-40-37-33-24-21-18-15-12-9-6-3/h7,10,12,15-17,19-21,24-27,29-31,34,36,42,45,58-59,63H,4-6,8-9,11,13-14,18,22-23,28,32-33,35,37-41,43-44,46-57H2,1-3H3,(H,67,68)/b10-7-,15-12-,19-16-,20-17-,24-21-,27-25-,30-29-,31-26-,36-34-,45-42-. The lowest BCUT2D eigenvalue weighted by Crippen LogP contribution is -2.30. The van der Waals surface area contributed by atoms with Crippen molar-refractivity contribution in [2.24, 2.45) is 0 Å². The van der Waals surface area contributed by atoms with Crippen LogP contribution in [0.4, 0.5) is 0 Å². The Labute approximate surface area is 449 Å². The molecule has 0 aliphatic carbocycles. The largest absolute Gasteiger partial charge is 0.472 e. The van der Waals surface area contributed by atoms with Crippen molar-refractivity contribution in [2.45, 2.75) is 226 Å². The number of unbranched alkanes of at least 4 members (excludes halogenated alkanes) is 14. The summed E-state index contributed by atoms with van der Waals surface area (Å²) in [6.45, 7) is 4.30. The lowest BCUT2D eigenvalue weighted by molar-refractivity contribution is -0.161. The van der Waals surface area contributed by atoms with Crippen LogP contribution in [0.15, 0.2) is 122 Å². The van der Waals surface area contributed by atoms with Crippen LogP contribution in [0.5, 0.6) is 0 Å². The van der Waals surface area contributed by atoms with Gasteiger partial charge in [0.15, 0.2) is 6.10 Å². The second-order valence-corrected chi connectivity index (χ2v) is 19.8. The van der Waals surface area contributed by atoms with E-state index >= 15 is 0 Å². The van der Waals surface area contributed by atoms with E-state index in [1.807, 2.05) is 12.2 Å². The van der Waals surface area contributed by atoms with Gasteiger partial charge in [-0.05, 0) is 116 Å². The molecule has 0 heterocycles. The molecule has 0 fully saturated rings. The van der Waals surface area contributed by atoms with Gasteiger partial charge in [0.2, 0.25) is 0 Å². The first-order chi connectivity index (χ1) is 36.2. The van der Waals surface area contributed by atoms with Gasteiger partial charge in [0, 0.05) is 19.3 Å². The van der Waals surface area contributed by atoms with Gasteiger partial charge in [0.1, 0.15) is 12.7 Å². The van der Waals surface area contributed by atoms with E-state index < -0.39 is 57.8 Å². The van der Waals surface area contributed by atoms with Crippen LogP contribution in [0, 0.1) is 0 Å². The van der Waals surface area contributed by atoms with Crippen LogP contribution in [-0.4, -0.2) is 66.5 Å². The number of rotatable bonds is 51. The van der Waals surface area contributed by atoms with E-state index in [4.69, 9.17) is 23.3 Å². The van der Waals surface area contributed by atoms with Crippen molar-refractivity contribution in [3.8, 4) is 0 Å². The third-order valence-corrected chi connectivity index (χ3v) is 12.3. The second kappa shape index (κ2) is 55.1. The van der Waals surface area contributed by atoms with Crippen LogP contribution in [0.2, 0.25) is 0 Å². The first-order valence-corrected chi connectivity index (χ1v) is 29.9. The van der Waals surface area contributed by atoms with E-state index in [1.54, 1.807) is 0 Å². The summed E-state index contributed by atoms with van der Waals surface area (Å²) >= 11 is 0. The first kappa shape index (κ1) is 69.9. The van der Waals surface area contributed by atoms with Gasteiger partial charge in [-0.15, -0.1) is 0 Å². The zero-order chi connectivity index (χ0) is 54.1. The predicted octanol–water partition coefficient (Wildman–Crippen LogP) is 16.8. The SMILES string of the molecule is CC/C=C\C/C=C\C/C=C\C/C=C\C/C=C\C/C=C\CCC(=O)OCC(COP(=O)(O)OCC(CO)OC(=O)CCCCCCC/C=C\C/C=C\CCC)OC(=O)CCCCCCC/C=C\C/C=C\CCCCC. The highest BCUT2D eigenvalue weighted by molar-refractivity contribution is 7.47.